The summed E-state index contributed by atoms with van der Waals surface area (Å²) in [6, 6.07) is 0.588. The summed E-state index contributed by atoms with van der Waals surface area (Å²) < 4.78 is 5.33. The van der Waals surface area contributed by atoms with Crippen LogP contribution >= 0.6 is 0 Å². The van der Waals surface area contributed by atoms with Crippen LogP contribution in [0.1, 0.15) is 51.4 Å². The Kier molecular flexibility index (Phi) is 6.03. The lowest BCUT2D eigenvalue weighted by atomic mass is 9.72. The van der Waals surface area contributed by atoms with Crippen LogP contribution in [-0.2, 0) is 4.74 Å². The number of hydrogen-bond acceptors (Lipinski definition) is 3. The first-order valence-corrected chi connectivity index (χ1v) is 9.85. The largest absolute Gasteiger partial charge is 0.385 e. The van der Waals surface area contributed by atoms with Gasteiger partial charge in [-0.05, 0) is 57.0 Å². The van der Waals surface area contributed by atoms with Crippen LogP contribution in [0.4, 0.5) is 4.79 Å². The summed E-state index contributed by atoms with van der Waals surface area (Å²) in [5.41, 5.74) is 0.256. The van der Waals surface area contributed by atoms with E-state index in [0.717, 1.165) is 32.7 Å². The van der Waals surface area contributed by atoms with Gasteiger partial charge in [-0.1, -0.05) is 19.3 Å². The van der Waals surface area contributed by atoms with E-state index in [4.69, 9.17) is 4.74 Å². The summed E-state index contributed by atoms with van der Waals surface area (Å²) in [4.78, 5) is 17.3. The molecule has 3 fully saturated rings. The molecule has 138 valence electrons. The molecular formula is C19H35N3O2. The Morgan fingerprint density at radius 1 is 1.21 bits per heavy atom. The van der Waals surface area contributed by atoms with Gasteiger partial charge in [-0.2, -0.15) is 0 Å². The molecule has 2 heterocycles. The molecule has 0 bridgehead atoms. The van der Waals surface area contributed by atoms with Gasteiger partial charge in [0.05, 0.1) is 0 Å². The molecule has 2 aliphatic heterocycles. The van der Waals surface area contributed by atoms with E-state index in [1.165, 1.54) is 51.5 Å². The number of urea groups is 1. The number of piperidine rings is 1. The minimum absolute atomic E-state index is 0.167. The number of likely N-dealkylation sites (tertiary alicyclic amines) is 2. The number of methoxy groups -OCH3 is 1. The van der Waals surface area contributed by atoms with Crippen LogP contribution in [-0.4, -0.2) is 68.8 Å². The van der Waals surface area contributed by atoms with Gasteiger partial charge in [0.15, 0.2) is 0 Å². The minimum Gasteiger partial charge on any atom is -0.385 e. The van der Waals surface area contributed by atoms with Crippen molar-refractivity contribution in [2.45, 2.75) is 57.4 Å². The van der Waals surface area contributed by atoms with Crippen molar-refractivity contribution in [1.29, 1.82) is 0 Å². The van der Waals surface area contributed by atoms with Crippen molar-refractivity contribution >= 4 is 6.03 Å². The van der Waals surface area contributed by atoms with Crippen molar-refractivity contribution in [3.05, 3.63) is 0 Å². The zero-order valence-electron chi connectivity index (χ0n) is 15.6. The molecule has 1 saturated carbocycles. The van der Waals surface area contributed by atoms with Crippen LogP contribution in [0.25, 0.3) is 0 Å². The van der Waals surface area contributed by atoms with E-state index in [1.807, 2.05) is 0 Å². The molecule has 0 radical (unpaired) electrons. The number of fused-ring (bicyclic) bond motifs is 1. The Morgan fingerprint density at radius 2 is 1.96 bits per heavy atom. The highest BCUT2D eigenvalue weighted by Crippen LogP contribution is 2.39. The molecule has 24 heavy (non-hydrogen) atoms. The highest BCUT2D eigenvalue weighted by molar-refractivity contribution is 5.75. The van der Waals surface area contributed by atoms with Crippen LogP contribution in [0.3, 0.4) is 0 Å². The summed E-state index contributed by atoms with van der Waals surface area (Å²) in [6.07, 6.45) is 9.86. The number of hydrogen-bond donors (Lipinski definition) is 1. The Hall–Kier alpha value is -0.810. The molecule has 2 atom stereocenters. The van der Waals surface area contributed by atoms with Crippen LogP contribution in [0.15, 0.2) is 0 Å². The van der Waals surface area contributed by atoms with Crippen molar-refractivity contribution < 1.29 is 9.53 Å². The first kappa shape index (κ1) is 18.0. The number of nitrogens with one attached hydrogen (secondary N) is 1. The number of carbonyl (C=O) groups is 1. The fourth-order valence-corrected chi connectivity index (χ4v) is 5.05. The zero-order valence-corrected chi connectivity index (χ0v) is 15.6. The van der Waals surface area contributed by atoms with Crippen molar-refractivity contribution in [1.82, 2.24) is 15.1 Å². The first-order chi connectivity index (χ1) is 11.6. The zero-order chi connectivity index (χ0) is 17.0. The summed E-state index contributed by atoms with van der Waals surface area (Å²) in [6.45, 7) is 4.76. The van der Waals surface area contributed by atoms with Gasteiger partial charge in [0, 0.05) is 39.4 Å². The van der Waals surface area contributed by atoms with Crippen LogP contribution in [0, 0.1) is 11.3 Å². The summed E-state index contributed by atoms with van der Waals surface area (Å²) in [5.74, 6) is 0.712. The van der Waals surface area contributed by atoms with Crippen molar-refractivity contribution in [3.63, 3.8) is 0 Å². The molecule has 0 aromatic heterocycles. The third-order valence-corrected chi connectivity index (χ3v) is 6.69. The maximum atomic E-state index is 12.8. The van der Waals surface area contributed by atoms with E-state index in [-0.39, 0.29) is 11.4 Å². The van der Waals surface area contributed by atoms with Gasteiger partial charge in [-0.15, -0.1) is 0 Å². The van der Waals surface area contributed by atoms with Crippen molar-refractivity contribution in [3.8, 4) is 0 Å². The Morgan fingerprint density at radius 3 is 2.71 bits per heavy atom. The molecule has 3 aliphatic rings. The average molecular weight is 338 g/mol. The number of ether oxygens (including phenoxy) is 1. The summed E-state index contributed by atoms with van der Waals surface area (Å²) in [5, 5.41) is 3.30. The number of rotatable bonds is 5. The Balaban J connectivity index is 1.55. The lowest BCUT2D eigenvalue weighted by Gasteiger charge is -2.39. The number of nitrogens with zero attached hydrogens (tertiary/aromatic N) is 2. The highest BCUT2D eigenvalue weighted by atomic mass is 16.5. The van der Waals surface area contributed by atoms with Crippen molar-refractivity contribution in [2.24, 2.45) is 11.3 Å². The molecule has 0 aromatic carbocycles. The standard InChI is InChI=1S/C19H35N3O2/c1-21-11-6-16-7-12-22(17(16)14-21)18(23)20-15-19(10-13-24-2)8-4-3-5-9-19/h16-17H,3-15H2,1-2H3,(H,20,23). The highest BCUT2D eigenvalue weighted by Gasteiger charge is 2.40. The van der Waals surface area contributed by atoms with Crippen molar-refractivity contribution in [2.75, 3.05) is 46.9 Å². The van der Waals surface area contributed by atoms with E-state index in [1.54, 1.807) is 7.11 Å². The molecule has 1 aliphatic carbocycles. The van der Waals surface area contributed by atoms with Gasteiger partial charge in [-0.25, -0.2) is 4.79 Å². The molecule has 5 heteroatoms. The van der Waals surface area contributed by atoms with Gasteiger partial charge < -0.3 is 19.9 Å². The second-order valence-corrected chi connectivity index (χ2v) is 8.32. The molecule has 0 aromatic rings. The lowest BCUT2D eigenvalue weighted by molar-refractivity contribution is 0.0961. The maximum absolute atomic E-state index is 12.8. The summed E-state index contributed by atoms with van der Waals surface area (Å²) in [7, 11) is 3.95. The summed E-state index contributed by atoms with van der Waals surface area (Å²) >= 11 is 0. The molecule has 2 amide bonds. The average Bonchev–Trinajstić information content (AvgIpc) is 3.02. The molecule has 2 saturated heterocycles. The Bertz CT molecular complexity index is 423. The fourth-order valence-electron chi connectivity index (χ4n) is 5.05. The molecule has 0 spiro atoms. The second-order valence-electron chi connectivity index (χ2n) is 8.32. The van der Waals surface area contributed by atoms with Gasteiger partial charge >= 0.3 is 6.03 Å². The van der Waals surface area contributed by atoms with Crippen LogP contribution in [0.5, 0.6) is 0 Å². The van der Waals surface area contributed by atoms with Gasteiger partial charge in [0.1, 0.15) is 0 Å². The number of amides is 2. The van der Waals surface area contributed by atoms with Crippen LogP contribution < -0.4 is 5.32 Å². The third kappa shape index (κ3) is 4.05. The quantitative estimate of drug-likeness (QED) is 0.839. The molecule has 3 rings (SSSR count). The maximum Gasteiger partial charge on any atom is 0.317 e. The first-order valence-electron chi connectivity index (χ1n) is 9.85. The topological polar surface area (TPSA) is 44.8 Å². The Labute approximate surface area is 147 Å². The third-order valence-electron chi connectivity index (χ3n) is 6.69. The van der Waals surface area contributed by atoms with E-state index < -0.39 is 0 Å². The normalized spacial score (nSPS) is 30.2. The number of carbonyl (C=O) groups excluding carboxylic acids is 1. The monoisotopic (exact) mass is 337 g/mol. The van der Waals surface area contributed by atoms with E-state index in [0.29, 0.717) is 12.0 Å². The van der Waals surface area contributed by atoms with Gasteiger partial charge in [0.2, 0.25) is 0 Å². The fraction of sp³-hybridized carbons (Fsp3) is 0.947. The smallest absolute Gasteiger partial charge is 0.317 e. The molecule has 5 nitrogen and oxygen atoms in total. The van der Waals surface area contributed by atoms with E-state index in [9.17, 15) is 4.79 Å². The van der Waals surface area contributed by atoms with Gasteiger partial charge in [-0.3, -0.25) is 0 Å². The molecular weight excluding hydrogens is 302 g/mol. The molecule has 1 N–H and O–H groups in total. The van der Waals surface area contributed by atoms with E-state index in [2.05, 4.69) is 22.2 Å². The van der Waals surface area contributed by atoms with E-state index >= 15 is 0 Å². The van der Waals surface area contributed by atoms with Gasteiger partial charge in [0.25, 0.3) is 0 Å². The predicted molar refractivity (Wildman–Crippen MR) is 96.1 cm³/mol. The molecule has 2 unspecified atom stereocenters. The second kappa shape index (κ2) is 8.05. The predicted octanol–water partition coefficient (Wildman–Crippen LogP) is 2.71. The lowest BCUT2D eigenvalue weighted by Crippen LogP contribution is -2.52. The number of likely N-dealkylation sites (N-methyl/N-ethyl adjacent to an activating group) is 1. The SMILES string of the molecule is COCCC1(CNC(=O)N2CCC3CCN(C)CC32)CCCCC1. The van der Waals surface area contributed by atoms with Crippen LogP contribution in [0.2, 0.25) is 0 Å². The minimum atomic E-state index is 0.167.